The molecule has 3 aromatic heterocycles. The second kappa shape index (κ2) is 6.79. The summed E-state index contributed by atoms with van der Waals surface area (Å²) in [6.07, 6.45) is -2.46. The van der Waals surface area contributed by atoms with Crippen molar-refractivity contribution in [3.05, 3.63) is 47.4 Å². The van der Waals surface area contributed by atoms with Gasteiger partial charge < -0.3 is 5.32 Å². The number of hydrogen-bond donors (Lipinski definition) is 1. The Labute approximate surface area is 161 Å². The molecule has 1 N–H and O–H groups in total. The number of aldehydes is 1. The van der Waals surface area contributed by atoms with Gasteiger partial charge in [-0.1, -0.05) is 0 Å². The monoisotopic (exact) mass is 405 g/mol. The maximum Gasteiger partial charge on any atom is 0.433 e. The van der Waals surface area contributed by atoms with Crippen LogP contribution in [-0.2, 0) is 19.8 Å². The average molecular weight is 405 g/mol. The van der Waals surface area contributed by atoms with E-state index >= 15 is 0 Å². The Hall–Kier alpha value is -3.57. The maximum atomic E-state index is 12.9. The lowest BCUT2D eigenvalue weighted by Crippen LogP contribution is -2.29. The number of carbonyl (C=O) groups excluding carboxylic acids is 2. The van der Waals surface area contributed by atoms with Crippen LogP contribution in [0, 0.1) is 0 Å². The molecule has 0 radical (unpaired) electrons. The first kappa shape index (κ1) is 18.8. The summed E-state index contributed by atoms with van der Waals surface area (Å²) >= 11 is 0. The highest BCUT2D eigenvalue weighted by molar-refractivity contribution is 5.91. The van der Waals surface area contributed by atoms with Crippen LogP contribution in [-0.4, -0.2) is 41.7 Å². The van der Waals surface area contributed by atoms with Crippen LogP contribution in [0.25, 0.3) is 11.3 Å². The third-order valence-corrected chi connectivity index (χ3v) is 4.54. The van der Waals surface area contributed by atoms with Crippen LogP contribution in [0.3, 0.4) is 0 Å². The third-order valence-electron chi connectivity index (χ3n) is 4.54. The van der Waals surface area contributed by atoms with Gasteiger partial charge in [0.1, 0.15) is 5.69 Å². The second-order valence-corrected chi connectivity index (χ2v) is 6.45. The van der Waals surface area contributed by atoms with Crippen LogP contribution in [0.2, 0.25) is 0 Å². The van der Waals surface area contributed by atoms with Crippen molar-refractivity contribution in [2.45, 2.75) is 25.2 Å². The Morgan fingerprint density at radius 3 is 2.79 bits per heavy atom. The molecule has 0 unspecified atom stereocenters. The van der Waals surface area contributed by atoms with Gasteiger partial charge in [0, 0.05) is 25.4 Å². The second-order valence-electron chi connectivity index (χ2n) is 6.45. The molecular weight excluding hydrogens is 391 g/mol. The Balaban J connectivity index is 1.57. The molecule has 0 aliphatic carbocycles. The molecule has 4 rings (SSSR count). The molecule has 0 bridgehead atoms. The normalized spacial score (nSPS) is 15.9. The SMILES string of the molecule is Cn1nc(C=O)nc1C(=O)N[C@H]1CCn2nc(-c3ccnc(C(F)(F)F)c3)cc21. The lowest BCUT2D eigenvalue weighted by molar-refractivity contribution is -0.141. The Morgan fingerprint density at radius 2 is 2.10 bits per heavy atom. The van der Waals surface area contributed by atoms with E-state index in [1.54, 1.807) is 10.7 Å². The molecule has 3 aromatic rings. The van der Waals surface area contributed by atoms with Crippen LogP contribution < -0.4 is 5.32 Å². The number of carbonyl (C=O) groups is 2. The first-order valence-electron chi connectivity index (χ1n) is 8.54. The summed E-state index contributed by atoms with van der Waals surface area (Å²) in [6, 6.07) is 3.62. The Bertz CT molecular complexity index is 1100. The summed E-state index contributed by atoms with van der Waals surface area (Å²) in [6.45, 7) is 0.496. The van der Waals surface area contributed by atoms with Gasteiger partial charge >= 0.3 is 6.18 Å². The number of halogens is 3. The van der Waals surface area contributed by atoms with E-state index < -0.39 is 23.8 Å². The summed E-state index contributed by atoms with van der Waals surface area (Å²) in [5.74, 6) is -0.638. The van der Waals surface area contributed by atoms with E-state index in [2.05, 4.69) is 25.5 Å². The number of nitrogens with zero attached hydrogens (tertiary/aromatic N) is 6. The summed E-state index contributed by atoms with van der Waals surface area (Å²) in [5.41, 5.74) is 0.301. The van der Waals surface area contributed by atoms with E-state index in [-0.39, 0.29) is 17.2 Å². The first-order valence-corrected chi connectivity index (χ1v) is 8.54. The van der Waals surface area contributed by atoms with Crippen molar-refractivity contribution >= 4 is 12.2 Å². The van der Waals surface area contributed by atoms with Gasteiger partial charge in [-0.2, -0.15) is 23.3 Å². The molecule has 0 aromatic carbocycles. The van der Waals surface area contributed by atoms with Gasteiger partial charge in [-0.15, -0.1) is 5.10 Å². The predicted molar refractivity (Wildman–Crippen MR) is 91.7 cm³/mol. The van der Waals surface area contributed by atoms with E-state index in [1.165, 1.54) is 17.8 Å². The van der Waals surface area contributed by atoms with Crippen molar-refractivity contribution in [3.8, 4) is 11.3 Å². The van der Waals surface area contributed by atoms with Gasteiger partial charge in [-0.05, 0) is 24.6 Å². The number of aromatic nitrogens is 6. The third kappa shape index (κ3) is 3.48. The largest absolute Gasteiger partial charge is 0.433 e. The molecule has 150 valence electrons. The van der Waals surface area contributed by atoms with Gasteiger partial charge in [0.05, 0.1) is 17.4 Å². The van der Waals surface area contributed by atoms with E-state index in [1.807, 2.05) is 0 Å². The minimum atomic E-state index is -4.55. The number of fused-ring (bicyclic) bond motifs is 1. The average Bonchev–Trinajstić information content (AvgIpc) is 3.36. The van der Waals surface area contributed by atoms with Gasteiger partial charge in [0.15, 0.2) is 6.29 Å². The van der Waals surface area contributed by atoms with E-state index in [4.69, 9.17) is 0 Å². The molecule has 4 heterocycles. The fraction of sp³-hybridized carbons (Fsp3) is 0.294. The van der Waals surface area contributed by atoms with Crippen molar-refractivity contribution in [1.29, 1.82) is 0 Å². The van der Waals surface area contributed by atoms with Gasteiger partial charge in [0.2, 0.25) is 11.6 Å². The summed E-state index contributed by atoms with van der Waals surface area (Å²) in [4.78, 5) is 30.4. The van der Waals surface area contributed by atoms with E-state index in [0.29, 0.717) is 30.6 Å². The van der Waals surface area contributed by atoms with E-state index in [9.17, 15) is 22.8 Å². The zero-order valence-electron chi connectivity index (χ0n) is 15.0. The highest BCUT2D eigenvalue weighted by atomic mass is 19.4. The summed E-state index contributed by atoms with van der Waals surface area (Å²) in [5, 5.41) is 10.9. The maximum absolute atomic E-state index is 12.9. The number of amides is 1. The van der Waals surface area contributed by atoms with Crippen LogP contribution in [0.1, 0.15) is 45.1 Å². The predicted octanol–water partition coefficient (Wildman–Crippen LogP) is 1.78. The van der Waals surface area contributed by atoms with Crippen LogP contribution in [0.15, 0.2) is 24.4 Å². The van der Waals surface area contributed by atoms with Crippen molar-refractivity contribution < 1.29 is 22.8 Å². The highest BCUT2D eigenvalue weighted by Crippen LogP contribution is 2.33. The first-order chi connectivity index (χ1) is 13.8. The highest BCUT2D eigenvalue weighted by Gasteiger charge is 2.33. The topological polar surface area (TPSA) is 108 Å². The molecule has 12 heteroatoms. The smallest absolute Gasteiger partial charge is 0.341 e. The number of pyridine rings is 1. The molecule has 1 aliphatic rings. The molecule has 9 nitrogen and oxygen atoms in total. The lowest BCUT2D eigenvalue weighted by Gasteiger charge is -2.11. The molecule has 1 amide bonds. The quantitative estimate of drug-likeness (QED) is 0.663. The van der Waals surface area contributed by atoms with Crippen molar-refractivity contribution in [1.82, 2.24) is 34.8 Å². The number of rotatable bonds is 4. The standard InChI is InChI=1S/C17H14F3N7O2/c1-26-15(23-14(8-28)25-26)16(29)22-10-3-5-27-12(10)7-11(24-27)9-2-4-21-13(6-9)17(18,19)20/h2,4,6-8,10H,3,5H2,1H3,(H,22,29)/t10-/m0/s1. The molecule has 1 aliphatic heterocycles. The Kier molecular flexibility index (Phi) is 4.40. The van der Waals surface area contributed by atoms with Crippen molar-refractivity contribution in [2.24, 2.45) is 7.05 Å². The molecule has 29 heavy (non-hydrogen) atoms. The summed E-state index contributed by atoms with van der Waals surface area (Å²) in [7, 11) is 1.49. The fourth-order valence-corrected chi connectivity index (χ4v) is 3.20. The minimum absolute atomic E-state index is 0.0192. The number of aryl methyl sites for hydroxylation is 2. The van der Waals surface area contributed by atoms with Crippen LogP contribution in [0.5, 0.6) is 0 Å². The zero-order valence-corrected chi connectivity index (χ0v) is 15.0. The number of alkyl halides is 3. The molecule has 0 fully saturated rings. The number of hydrogen-bond acceptors (Lipinski definition) is 6. The van der Waals surface area contributed by atoms with Crippen molar-refractivity contribution in [3.63, 3.8) is 0 Å². The van der Waals surface area contributed by atoms with Crippen LogP contribution >= 0.6 is 0 Å². The molecule has 0 saturated heterocycles. The van der Waals surface area contributed by atoms with E-state index in [0.717, 1.165) is 12.3 Å². The lowest BCUT2D eigenvalue weighted by atomic mass is 10.1. The number of nitrogens with one attached hydrogen (secondary N) is 1. The molecular formula is C17H14F3N7O2. The van der Waals surface area contributed by atoms with Gasteiger partial charge in [-0.3, -0.25) is 19.3 Å². The fourth-order valence-electron chi connectivity index (χ4n) is 3.20. The molecule has 0 spiro atoms. The molecule has 1 atom stereocenters. The van der Waals surface area contributed by atoms with Gasteiger partial charge in [-0.25, -0.2) is 4.68 Å². The zero-order chi connectivity index (χ0) is 20.8. The van der Waals surface area contributed by atoms with Crippen LogP contribution in [0.4, 0.5) is 13.2 Å². The Morgan fingerprint density at radius 1 is 1.31 bits per heavy atom. The molecule has 0 saturated carbocycles. The minimum Gasteiger partial charge on any atom is -0.341 e. The summed E-state index contributed by atoms with van der Waals surface area (Å²) < 4.78 is 41.5. The van der Waals surface area contributed by atoms with Gasteiger partial charge in [0.25, 0.3) is 5.91 Å². The van der Waals surface area contributed by atoms with Crippen molar-refractivity contribution in [2.75, 3.05) is 0 Å².